The predicted molar refractivity (Wildman–Crippen MR) is 152 cm³/mol. The van der Waals surface area contributed by atoms with Crippen molar-refractivity contribution in [3.63, 3.8) is 0 Å². The van der Waals surface area contributed by atoms with Crippen LogP contribution in [-0.2, 0) is 25.7 Å². The monoisotopic (exact) mass is 472 g/mol. The number of para-hydroxylation sites is 2. The van der Waals surface area contributed by atoms with E-state index in [1.54, 1.807) is 0 Å². The molecule has 4 aromatic carbocycles. The van der Waals surface area contributed by atoms with Crippen molar-refractivity contribution < 1.29 is 9.15 Å². The lowest BCUT2D eigenvalue weighted by molar-refractivity contribution is -0.688. The van der Waals surface area contributed by atoms with Crippen molar-refractivity contribution in [2.75, 3.05) is 0 Å². The predicted octanol–water partition coefficient (Wildman–Crippen LogP) is 7.73. The molecule has 1 aliphatic carbocycles. The van der Waals surface area contributed by atoms with Crippen LogP contribution < -0.4 is 0 Å². The summed E-state index contributed by atoms with van der Waals surface area (Å²) in [5, 5.41) is 2.72. The maximum Gasteiger partial charge on any atom is 0.351 e. The van der Waals surface area contributed by atoms with Crippen LogP contribution in [0.2, 0.25) is 0 Å². The summed E-state index contributed by atoms with van der Waals surface area (Å²) in [5.74, 6) is 0. The van der Waals surface area contributed by atoms with Crippen LogP contribution in [0.25, 0.3) is 10.8 Å². The highest BCUT2D eigenvalue weighted by Gasteiger charge is 2.54. The van der Waals surface area contributed by atoms with Gasteiger partial charge in [-0.15, -0.1) is 9.15 Å². The van der Waals surface area contributed by atoms with Gasteiger partial charge < -0.3 is 0 Å². The fourth-order valence-corrected chi connectivity index (χ4v) is 6.61. The highest BCUT2D eigenvalue weighted by Crippen LogP contribution is 2.41. The lowest BCUT2D eigenvalue weighted by atomic mass is 10.0. The first-order valence-electron chi connectivity index (χ1n) is 13.7. The Labute approximate surface area is 215 Å². The molecule has 180 valence electrons. The van der Waals surface area contributed by atoms with Gasteiger partial charge in [0.15, 0.2) is 0 Å². The van der Waals surface area contributed by atoms with Crippen molar-refractivity contribution in [3.8, 4) is 0 Å². The Balaban J connectivity index is 1.78. The van der Waals surface area contributed by atoms with Gasteiger partial charge in [0.05, 0.1) is 18.1 Å². The van der Waals surface area contributed by atoms with E-state index in [9.17, 15) is 0 Å². The molecule has 36 heavy (non-hydrogen) atoms. The van der Waals surface area contributed by atoms with Gasteiger partial charge in [-0.3, -0.25) is 0 Å². The maximum absolute atomic E-state index is 2.67. The molecule has 4 aromatic rings. The summed E-state index contributed by atoms with van der Waals surface area (Å²) >= 11 is 0. The molecule has 1 heterocycles. The van der Waals surface area contributed by atoms with E-state index in [4.69, 9.17) is 0 Å². The standard InChI is InChI=1S/C34H36N2/c1-6-23-14-10-15-24(7-2)31(23)35-22(5)36(32-25(8-3)16-11-17-26(32)9-4)34-29-21-13-19-27-18-12-20-28(30(27)29)33(34)35/h10-22H,6-9H2,1-5H3/q+2. The Morgan fingerprint density at radius 2 is 0.889 bits per heavy atom. The summed E-state index contributed by atoms with van der Waals surface area (Å²) in [6.07, 6.45) is 4.28. The van der Waals surface area contributed by atoms with Crippen molar-refractivity contribution in [2.45, 2.75) is 66.5 Å². The minimum Gasteiger partial charge on any atom is -0.123 e. The maximum atomic E-state index is 2.67. The van der Waals surface area contributed by atoms with Crippen LogP contribution in [0.15, 0.2) is 72.8 Å². The molecule has 0 amide bonds. The molecule has 6 rings (SSSR count). The normalized spacial score (nSPS) is 14.9. The number of fused-ring (bicyclic) bond motifs is 3. The topological polar surface area (TPSA) is 6.02 Å². The number of aryl methyl sites for hydroxylation is 4. The highest BCUT2D eigenvalue weighted by atomic mass is 15.3. The second-order valence-corrected chi connectivity index (χ2v) is 10.0. The minimum absolute atomic E-state index is 0.176. The quantitative estimate of drug-likeness (QED) is 0.253. The molecule has 0 aromatic heterocycles. The summed E-state index contributed by atoms with van der Waals surface area (Å²) in [7, 11) is 0. The number of benzene rings is 4. The van der Waals surface area contributed by atoms with Crippen molar-refractivity contribution in [2.24, 2.45) is 0 Å². The zero-order chi connectivity index (χ0) is 25.0. The third-order valence-corrected chi connectivity index (χ3v) is 8.28. The van der Waals surface area contributed by atoms with E-state index in [0.717, 1.165) is 25.7 Å². The molecule has 2 heteroatoms. The van der Waals surface area contributed by atoms with E-state index in [2.05, 4.69) is 117 Å². The first-order valence-corrected chi connectivity index (χ1v) is 13.7. The average Bonchev–Trinajstić information content (AvgIpc) is 3.40. The molecule has 0 N–H and O–H groups in total. The summed E-state index contributed by atoms with van der Waals surface area (Å²) in [6.45, 7) is 11.6. The van der Waals surface area contributed by atoms with Crippen molar-refractivity contribution in [1.82, 2.24) is 0 Å². The third-order valence-electron chi connectivity index (χ3n) is 8.28. The minimum atomic E-state index is 0.176. The first-order chi connectivity index (χ1) is 17.6. The summed E-state index contributed by atoms with van der Waals surface area (Å²) in [6, 6.07) is 27.4. The van der Waals surface area contributed by atoms with E-state index < -0.39 is 0 Å². The van der Waals surface area contributed by atoms with Gasteiger partial charge >= 0.3 is 6.17 Å². The first kappa shape index (κ1) is 22.9. The van der Waals surface area contributed by atoms with Crippen LogP contribution in [0.1, 0.15) is 68.0 Å². The fourth-order valence-electron chi connectivity index (χ4n) is 6.61. The zero-order valence-electron chi connectivity index (χ0n) is 22.2. The average molecular weight is 473 g/mol. The van der Waals surface area contributed by atoms with E-state index >= 15 is 0 Å². The molecule has 2 aliphatic rings. The summed E-state index contributed by atoms with van der Waals surface area (Å²) < 4.78 is 5.35. The van der Waals surface area contributed by atoms with Crippen LogP contribution in [0.5, 0.6) is 0 Å². The van der Waals surface area contributed by atoms with Crippen LogP contribution in [0.3, 0.4) is 0 Å². The molecule has 0 radical (unpaired) electrons. The van der Waals surface area contributed by atoms with E-state index in [1.807, 2.05) is 0 Å². The Morgan fingerprint density at radius 3 is 1.25 bits per heavy atom. The van der Waals surface area contributed by atoms with Gasteiger partial charge in [0, 0.05) is 27.6 Å². The van der Waals surface area contributed by atoms with Crippen LogP contribution in [-0.4, -0.2) is 26.7 Å². The Bertz CT molecular complexity index is 1430. The molecule has 0 saturated carbocycles. The third kappa shape index (κ3) is 3.10. The van der Waals surface area contributed by atoms with Gasteiger partial charge in [0.1, 0.15) is 0 Å². The van der Waals surface area contributed by atoms with E-state index in [1.165, 1.54) is 67.0 Å². The number of rotatable bonds is 6. The zero-order valence-corrected chi connectivity index (χ0v) is 22.2. The molecular formula is C34H36N2+2. The van der Waals surface area contributed by atoms with Gasteiger partial charge in [0.25, 0.3) is 11.4 Å². The summed E-state index contributed by atoms with van der Waals surface area (Å²) in [5.41, 5.74) is 14.0. The van der Waals surface area contributed by atoms with Gasteiger partial charge in [-0.05, 0) is 43.2 Å². The lowest BCUT2D eigenvalue weighted by Crippen LogP contribution is -2.28. The molecule has 2 nitrogen and oxygen atoms in total. The summed E-state index contributed by atoms with van der Waals surface area (Å²) in [4.78, 5) is 0. The Kier molecular flexibility index (Phi) is 5.63. The second-order valence-electron chi connectivity index (χ2n) is 10.0. The Morgan fingerprint density at radius 1 is 0.528 bits per heavy atom. The van der Waals surface area contributed by atoms with Crippen molar-refractivity contribution in [1.29, 1.82) is 0 Å². The number of hydrogen-bond donors (Lipinski definition) is 0. The van der Waals surface area contributed by atoms with Gasteiger partial charge in [-0.1, -0.05) is 88.4 Å². The Hall–Kier alpha value is -3.52. The molecule has 0 atom stereocenters. The molecule has 0 fully saturated rings. The van der Waals surface area contributed by atoms with Crippen molar-refractivity contribution in [3.05, 3.63) is 106 Å². The number of nitrogens with zero attached hydrogens (tertiary/aromatic N) is 2. The van der Waals surface area contributed by atoms with Crippen LogP contribution >= 0.6 is 0 Å². The molecule has 0 bridgehead atoms. The second kappa shape index (κ2) is 8.85. The highest BCUT2D eigenvalue weighted by molar-refractivity contribution is 6.58. The molecule has 0 spiro atoms. The molecule has 0 unspecified atom stereocenters. The van der Waals surface area contributed by atoms with Crippen molar-refractivity contribution >= 4 is 33.6 Å². The molecule has 0 saturated heterocycles. The fraction of sp³-hybridized carbons (Fsp3) is 0.294. The molecular weight excluding hydrogens is 436 g/mol. The van der Waals surface area contributed by atoms with Crippen LogP contribution in [0.4, 0.5) is 11.4 Å². The van der Waals surface area contributed by atoms with Gasteiger partial charge in [0.2, 0.25) is 11.4 Å². The van der Waals surface area contributed by atoms with E-state index in [0.29, 0.717) is 0 Å². The smallest absolute Gasteiger partial charge is 0.123 e. The molecule has 1 aliphatic heterocycles. The number of hydrogen-bond acceptors (Lipinski definition) is 0. The van der Waals surface area contributed by atoms with Gasteiger partial charge in [-0.2, -0.15) is 0 Å². The lowest BCUT2D eigenvalue weighted by Gasteiger charge is -2.15. The SMILES string of the molecule is CCc1cccc(CC)c1[N+]1=C2C(=[N+](c3c(CC)cccc3CC)C1C)c1cccc3cccc2c13. The van der Waals surface area contributed by atoms with Crippen LogP contribution in [0, 0.1) is 0 Å². The largest absolute Gasteiger partial charge is 0.351 e. The van der Waals surface area contributed by atoms with Gasteiger partial charge in [-0.25, -0.2) is 0 Å². The van der Waals surface area contributed by atoms with E-state index in [-0.39, 0.29) is 6.17 Å².